The molecule has 3 heterocycles. The molecule has 1 aliphatic rings. The van der Waals surface area contributed by atoms with E-state index < -0.39 is 0 Å². The predicted molar refractivity (Wildman–Crippen MR) is 108 cm³/mol. The lowest BCUT2D eigenvalue weighted by atomic mass is 10.1. The summed E-state index contributed by atoms with van der Waals surface area (Å²) in [5, 5.41) is 14.2. The third kappa shape index (κ3) is 3.63. The molecule has 1 atom stereocenters. The van der Waals surface area contributed by atoms with Crippen LogP contribution in [-0.2, 0) is 11.2 Å². The van der Waals surface area contributed by atoms with Crippen molar-refractivity contribution < 1.29 is 9.59 Å². The van der Waals surface area contributed by atoms with Gasteiger partial charge in [0.05, 0.1) is 4.88 Å². The van der Waals surface area contributed by atoms with Gasteiger partial charge in [-0.25, -0.2) is 0 Å². The molecule has 0 saturated carbocycles. The molecule has 0 unspecified atom stereocenters. The lowest BCUT2D eigenvalue weighted by Gasteiger charge is -2.19. The molecule has 1 N–H and O–H groups in total. The molecule has 1 fully saturated rings. The van der Waals surface area contributed by atoms with E-state index in [4.69, 9.17) is 0 Å². The van der Waals surface area contributed by atoms with Gasteiger partial charge in [0.25, 0.3) is 5.91 Å². The van der Waals surface area contributed by atoms with Crippen LogP contribution in [0.5, 0.6) is 0 Å². The average Bonchev–Trinajstić information content (AvgIpc) is 3.42. The van der Waals surface area contributed by atoms with Crippen molar-refractivity contribution in [2.24, 2.45) is 0 Å². The second-order valence-corrected chi connectivity index (χ2v) is 8.22. The number of hydrogen-bond acceptors (Lipinski definition) is 6. The summed E-state index contributed by atoms with van der Waals surface area (Å²) < 4.78 is 0. The molecule has 0 aliphatic carbocycles. The largest absolute Gasteiger partial charge is 0.311 e. The summed E-state index contributed by atoms with van der Waals surface area (Å²) in [6.07, 6.45) is 1.29. The Kier molecular flexibility index (Phi) is 5.00. The Labute approximate surface area is 164 Å². The van der Waals surface area contributed by atoms with E-state index in [-0.39, 0.29) is 17.7 Å². The summed E-state index contributed by atoms with van der Waals surface area (Å²) in [4.78, 5) is 27.2. The van der Waals surface area contributed by atoms with Crippen LogP contribution in [0.2, 0.25) is 0 Å². The summed E-state index contributed by atoms with van der Waals surface area (Å²) in [7, 11) is 0. The van der Waals surface area contributed by atoms with Crippen molar-refractivity contribution >= 4 is 45.3 Å². The molecule has 1 aromatic carbocycles. The highest BCUT2D eigenvalue weighted by molar-refractivity contribution is 7.15. The summed E-state index contributed by atoms with van der Waals surface area (Å²) in [5.74, 6) is -0.0960. The molecule has 4 rings (SSSR count). The zero-order chi connectivity index (χ0) is 18.8. The zero-order valence-corrected chi connectivity index (χ0v) is 16.3. The summed E-state index contributed by atoms with van der Waals surface area (Å²) >= 11 is 2.71. The number of amides is 2. The summed E-state index contributed by atoms with van der Waals surface area (Å²) in [5.41, 5.74) is 2.14. The van der Waals surface area contributed by atoms with E-state index >= 15 is 0 Å². The van der Waals surface area contributed by atoms with Gasteiger partial charge in [-0.3, -0.25) is 14.9 Å². The maximum absolute atomic E-state index is 12.6. The Balaban J connectivity index is 1.48. The quantitative estimate of drug-likeness (QED) is 0.706. The minimum Gasteiger partial charge on any atom is -0.311 e. The third-order valence-electron chi connectivity index (χ3n) is 4.54. The molecule has 0 spiro atoms. The molecular weight excluding hydrogens is 380 g/mol. The SMILES string of the molecule is CCc1ccccc1N1C[C@H](c2nnc(NC(=O)c3cccs3)s2)CC1=O. The lowest BCUT2D eigenvalue weighted by Crippen LogP contribution is -2.25. The van der Waals surface area contributed by atoms with Crippen molar-refractivity contribution in [3.05, 3.63) is 57.2 Å². The molecule has 1 aliphatic heterocycles. The standard InChI is InChI=1S/C19H18N4O2S2/c1-2-12-6-3-4-7-14(12)23-11-13(10-16(23)24)18-21-22-19(27-18)20-17(25)15-8-5-9-26-15/h3-9,13H,2,10-11H2,1H3,(H,20,22,25)/t13-/m1/s1. The third-order valence-corrected chi connectivity index (χ3v) is 6.41. The smallest absolute Gasteiger partial charge is 0.267 e. The van der Waals surface area contributed by atoms with E-state index in [1.807, 2.05) is 34.5 Å². The molecule has 1 saturated heterocycles. The van der Waals surface area contributed by atoms with Gasteiger partial charge in [0.1, 0.15) is 5.01 Å². The Morgan fingerprint density at radius 1 is 1.26 bits per heavy atom. The number of aryl methyl sites for hydroxylation is 1. The van der Waals surface area contributed by atoms with E-state index in [2.05, 4.69) is 28.5 Å². The number of para-hydroxylation sites is 1. The van der Waals surface area contributed by atoms with Crippen LogP contribution in [-0.4, -0.2) is 28.6 Å². The monoisotopic (exact) mass is 398 g/mol. The maximum Gasteiger partial charge on any atom is 0.267 e. The van der Waals surface area contributed by atoms with Gasteiger partial charge in [-0.05, 0) is 29.5 Å². The minimum atomic E-state index is -0.186. The Morgan fingerprint density at radius 2 is 2.11 bits per heavy atom. The van der Waals surface area contributed by atoms with Crippen LogP contribution in [0, 0.1) is 0 Å². The van der Waals surface area contributed by atoms with Crippen LogP contribution in [0.4, 0.5) is 10.8 Å². The molecule has 6 nitrogen and oxygen atoms in total. The first-order valence-electron chi connectivity index (χ1n) is 8.72. The van der Waals surface area contributed by atoms with Crippen LogP contribution >= 0.6 is 22.7 Å². The topological polar surface area (TPSA) is 75.2 Å². The number of carbonyl (C=O) groups excluding carboxylic acids is 2. The van der Waals surface area contributed by atoms with Gasteiger partial charge in [0.15, 0.2) is 0 Å². The molecule has 2 aromatic heterocycles. The van der Waals surface area contributed by atoms with Crippen LogP contribution in [0.3, 0.4) is 0 Å². The van der Waals surface area contributed by atoms with E-state index in [9.17, 15) is 9.59 Å². The number of thiophene rings is 1. The Hall–Kier alpha value is -2.58. The fourth-order valence-electron chi connectivity index (χ4n) is 3.20. The molecule has 0 radical (unpaired) electrons. The normalized spacial score (nSPS) is 16.7. The molecule has 2 amide bonds. The molecule has 3 aromatic rings. The van der Waals surface area contributed by atoms with Crippen LogP contribution in [0.15, 0.2) is 41.8 Å². The predicted octanol–water partition coefficient (Wildman–Crippen LogP) is 3.93. The Bertz CT molecular complexity index is 968. The van der Waals surface area contributed by atoms with Crippen molar-refractivity contribution in [2.45, 2.75) is 25.7 Å². The van der Waals surface area contributed by atoms with Crippen LogP contribution in [0.25, 0.3) is 0 Å². The highest BCUT2D eigenvalue weighted by Gasteiger charge is 2.34. The molecule has 27 heavy (non-hydrogen) atoms. The lowest BCUT2D eigenvalue weighted by molar-refractivity contribution is -0.117. The van der Waals surface area contributed by atoms with Crippen LogP contribution < -0.4 is 10.2 Å². The number of nitrogens with zero attached hydrogens (tertiary/aromatic N) is 3. The van der Waals surface area contributed by atoms with Gasteiger partial charge in [0.2, 0.25) is 11.0 Å². The van der Waals surface area contributed by atoms with E-state index in [0.29, 0.717) is 23.0 Å². The van der Waals surface area contributed by atoms with Crippen LogP contribution in [0.1, 0.15) is 39.5 Å². The number of rotatable bonds is 5. The molecule has 0 bridgehead atoms. The number of carbonyl (C=O) groups is 2. The summed E-state index contributed by atoms with van der Waals surface area (Å²) in [6, 6.07) is 11.6. The number of anilines is 2. The maximum atomic E-state index is 12.6. The number of benzene rings is 1. The number of aromatic nitrogens is 2. The first kappa shape index (κ1) is 17.8. The first-order chi connectivity index (χ1) is 13.2. The van der Waals surface area contributed by atoms with Gasteiger partial charge in [-0.2, -0.15) is 0 Å². The highest BCUT2D eigenvalue weighted by atomic mass is 32.1. The average molecular weight is 399 g/mol. The van der Waals surface area contributed by atoms with Crippen molar-refractivity contribution in [3.63, 3.8) is 0 Å². The van der Waals surface area contributed by atoms with Gasteiger partial charge in [-0.15, -0.1) is 21.5 Å². The van der Waals surface area contributed by atoms with Gasteiger partial charge in [0, 0.05) is 24.6 Å². The Morgan fingerprint density at radius 3 is 2.89 bits per heavy atom. The van der Waals surface area contributed by atoms with E-state index in [0.717, 1.165) is 22.7 Å². The highest BCUT2D eigenvalue weighted by Crippen LogP contribution is 2.35. The number of hydrogen-bond donors (Lipinski definition) is 1. The van der Waals surface area contributed by atoms with Crippen molar-refractivity contribution in [1.29, 1.82) is 0 Å². The van der Waals surface area contributed by atoms with E-state index in [1.54, 1.807) is 6.07 Å². The minimum absolute atomic E-state index is 0.00713. The second kappa shape index (κ2) is 7.58. The van der Waals surface area contributed by atoms with Crippen molar-refractivity contribution in [1.82, 2.24) is 10.2 Å². The van der Waals surface area contributed by atoms with Gasteiger partial charge >= 0.3 is 0 Å². The zero-order valence-electron chi connectivity index (χ0n) is 14.7. The summed E-state index contributed by atoms with van der Waals surface area (Å²) in [6.45, 7) is 2.67. The fourth-order valence-corrected chi connectivity index (χ4v) is 4.64. The molecular formula is C19H18N4O2S2. The first-order valence-corrected chi connectivity index (χ1v) is 10.4. The fraction of sp³-hybridized carbons (Fsp3) is 0.263. The van der Waals surface area contributed by atoms with Gasteiger partial charge in [-0.1, -0.05) is 42.5 Å². The second-order valence-electron chi connectivity index (χ2n) is 6.26. The van der Waals surface area contributed by atoms with Crippen molar-refractivity contribution in [3.8, 4) is 0 Å². The molecule has 138 valence electrons. The van der Waals surface area contributed by atoms with E-state index in [1.165, 1.54) is 22.7 Å². The number of nitrogens with one attached hydrogen (secondary N) is 1. The van der Waals surface area contributed by atoms with Crippen molar-refractivity contribution in [2.75, 3.05) is 16.8 Å². The van der Waals surface area contributed by atoms with Gasteiger partial charge < -0.3 is 4.90 Å². The molecule has 8 heteroatoms.